The van der Waals surface area contributed by atoms with Crippen LogP contribution >= 0.6 is 12.2 Å². The fraction of sp³-hybridized carbons (Fsp3) is 0.444. The van der Waals surface area contributed by atoms with Crippen molar-refractivity contribution in [2.24, 2.45) is 0 Å². The normalized spacial score (nSPS) is 13.2. The summed E-state index contributed by atoms with van der Waals surface area (Å²) >= 11 is 9.60. The van der Waals surface area contributed by atoms with Gasteiger partial charge in [0.2, 0.25) is 0 Å². The number of rotatable bonds is 6. The molecule has 0 radical (unpaired) electrons. The van der Waals surface area contributed by atoms with E-state index >= 15 is 0 Å². The van der Waals surface area contributed by atoms with Crippen LogP contribution < -0.4 is 51.4 Å². The minimum atomic E-state index is -0.701. The zero-order valence-corrected chi connectivity index (χ0v) is 13.6. The summed E-state index contributed by atoms with van der Waals surface area (Å²) in [5, 5.41) is 18.6. The van der Waals surface area contributed by atoms with Crippen LogP contribution in [-0.2, 0) is 12.6 Å². The number of hydrogen-bond donors (Lipinski definition) is 2. The molecule has 0 spiro atoms. The first-order valence-electron chi connectivity index (χ1n) is 4.08. The Labute approximate surface area is 144 Å². The van der Waals surface area contributed by atoms with E-state index in [-0.39, 0.29) is 68.8 Å². The average Bonchev–Trinajstić information content (AvgIpc) is 2.16. The van der Waals surface area contributed by atoms with Crippen molar-refractivity contribution in [2.75, 3.05) is 13.1 Å². The van der Waals surface area contributed by atoms with Gasteiger partial charge < -0.3 is 40.0 Å². The Bertz CT molecular complexity index is 210. The summed E-state index contributed by atoms with van der Waals surface area (Å²) in [5.41, 5.74) is 0. The summed E-state index contributed by atoms with van der Waals surface area (Å²) in [4.78, 5) is 1.53. The van der Waals surface area contributed by atoms with Gasteiger partial charge >= 0.3 is 51.4 Å². The maximum absolute atomic E-state index is 9.29. The van der Waals surface area contributed by atoms with Crippen molar-refractivity contribution in [3.8, 4) is 0 Å². The monoisotopic (exact) mass is 271 g/mol. The minimum Gasteiger partial charge on any atom is -0.411 e. The van der Waals surface area contributed by atoms with Crippen LogP contribution in [-0.4, -0.2) is 44.7 Å². The second-order valence-electron chi connectivity index (χ2n) is 2.78. The van der Waals surface area contributed by atoms with Gasteiger partial charge in [0, 0.05) is 13.1 Å². The number of thiocarbonyl (C=S) groups is 1. The van der Waals surface area contributed by atoms with E-state index in [0.29, 0.717) is 0 Å². The Morgan fingerprint density at radius 1 is 1.27 bits per heavy atom. The van der Waals surface area contributed by atoms with Crippen molar-refractivity contribution < 1.29 is 61.6 Å². The van der Waals surface area contributed by atoms with E-state index in [0.717, 1.165) is 0 Å². The Morgan fingerprint density at radius 3 is 1.80 bits per heavy atom. The minimum absolute atomic E-state index is 0. The van der Waals surface area contributed by atoms with E-state index in [4.69, 9.17) is 24.8 Å². The predicted octanol–water partition coefficient (Wildman–Crippen LogP) is -2.78. The van der Waals surface area contributed by atoms with Crippen molar-refractivity contribution in [1.82, 2.24) is 4.90 Å². The molecule has 0 heterocycles. The van der Waals surface area contributed by atoms with Crippen LogP contribution in [0.25, 0.3) is 0 Å². The largest absolute Gasteiger partial charge is 1.00 e. The van der Waals surface area contributed by atoms with Crippen LogP contribution in [0.2, 0.25) is 0 Å². The molecule has 0 aromatic carbocycles. The molecular weight excluding hydrogens is 257 g/mol. The van der Waals surface area contributed by atoms with Gasteiger partial charge in [-0.2, -0.15) is 0 Å². The molecule has 0 aliphatic heterocycles. The molecule has 0 aliphatic rings. The Balaban J connectivity index is 0. The van der Waals surface area contributed by atoms with Crippen molar-refractivity contribution in [3.63, 3.8) is 0 Å². The molecule has 2 N–H and O–H groups in total. The first-order valence-corrected chi connectivity index (χ1v) is 4.90. The standard InChI is InChI=1S/C9H15NO2S2.K/c1-3-7(11)5-10(9(13)14)6-8(12)4-2;/h3-4,7-8,11-12H,1-2,5-6H2,(H,13,14);/q;+1/p-1. The van der Waals surface area contributed by atoms with E-state index in [1.807, 2.05) is 0 Å². The van der Waals surface area contributed by atoms with Gasteiger partial charge in [-0.3, -0.25) is 0 Å². The quantitative estimate of drug-likeness (QED) is 0.237. The van der Waals surface area contributed by atoms with E-state index in [1.54, 1.807) is 0 Å². The molecule has 0 fully saturated rings. The van der Waals surface area contributed by atoms with Crippen molar-refractivity contribution in [3.05, 3.63) is 25.3 Å². The summed E-state index contributed by atoms with van der Waals surface area (Å²) in [6, 6.07) is 0. The Morgan fingerprint density at radius 2 is 1.60 bits per heavy atom. The number of aliphatic hydroxyl groups excluding tert-OH is 2. The molecule has 0 aromatic heterocycles. The third kappa shape index (κ3) is 8.90. The first-order chi connectivity index (χ1) is 6.51. The van der Waals surface area contributed by atoms with Gasteiger partial charge in [-0.1, -0.05) is 16.5 Å². The van der Waals surface area contributed by atoms with Crippen LogP contribution in [0.15, 0.2) is 25.3 Å². The smallest absolute Gasteiger partial charge is 0.411 e. The molecule has 0 amide bonds. The SMILES string of the molecule is C=CC(O)CN(CC(O)C=C)C(=S)[S-].[K+]. The van der Waals surface area contributed by atoms with E-state index < -0.39 is 12.2 Å². The number of aliphatic hydroxyl groups is 2. The molecule has 0 saturated carbocycles. The van der Waals surface area contributed by atoms with E-state index in [1.165, 1.54) is 17.1 Å². The van der Waals surface area contributed by atoms with Gasteiger partial charge in [-0.05, 0) is 0 Å². The zero-order chi connectivity index (χ0) is 11.1. The summed E-state index contributed by atoms with van der Waals surface area (Å²) in [7, 11) is 0. The second-order valence-corrected chi connectivity index (χ2v) is 3.81. The summed E-state index contributed by atoms with van der Waals surface area (Å²) in [6.45, 7) is 7.36. The van der Waals surface area contributed by atoms with Crippen LogP contribution in [0.5, 0.6) is 0 Å². The molecule has 6 heteroatoms. The fourth-order valence-electron chi connectivity index (χ4n) is 0.824. The molecule has 0 bridgehead atoms. The van der Waals surface area contributed by atoms with E-state index in [2.05, 4.69) is 13.2 Å². The maximum Gasteiger partial charge on any atom is 1.00 e. The molecule has 2 atom stereocenters. The molecule has 2 unspecified atom stereocenters. The molecule has 3 nitrogen and oxygen atoms in total. The van der Waals surface area contributed by atoms with Gasteiger partial charge in [0.05, 0.1) is 12.2 Å². The van der Waals surface area contributed by atoms with Crippen molar-refractivity contribution in [2.45, 2.75) is 12.2 Å². The number of nitrogens with zero attached hydrogens (tertiary/aromatic N) is 1. The molecule has 0 aliphatic carbocycles. The molecule has 0 aromatic rings. The van der Waals surface area contributed by atoms with Crippen LogP contribution in [0.1, 0.15) is 0 Å². The van der Waals surface area contributed by atoms with Gasteiger partial charge in [0.1, 0.15) is 0 Å². The molecule has 0 rings (SSSR count). The first kappa shape index (κ1) is 18.5. The van der Waals surface area contributed by atoms with Crippen molar-refractivity contribution in [1.29, 1.82) is 0 Å². The van der Waals surface area contributed by atoms with Gasteiger partial charge in [-0.15, -0.1) is 13.2 Å². The van der Waals surface area contributed by atoms with Gasteiger partial charge in [-0.25, -0.2) is 0 Å². The zero-order valence-electron chi connectivity index (χ0n) is 8.80. The molecule has 80 valence electrons. The fourth-order valence-corrected chi connectivity index (χ4v) is 1.12. The Hall–Kier alpha value is 1.15. The van der Waals surface area contributed by atoms with E-state index in [9.17, 15) is 10.2 Å². The van der Waals surface area contributed by atoms with Crippen LogP contribution in [0.3, 0.4) is 0 Å². The van der Waals surface area contributed by atoms with Crippen LogP contribution in [0, 0.1) is 0 Å². The molecule has 15 heavy (non-hydrogen) atoms. The summed E-state index contributed by atoms with van der Waals surface area (Å²) in [6.07, 6.45) is 1.38. The van der Waals surface area contributed by atoms with Gasteiger partial charge in [0.25, 0.3) is 0 Å². The van der Waals surface area contributed by atoms with Gasteiger partial charge in [0.15, 0.2) is 0 Å². The third-order valence-corrected chi connectivity index (χ3v) is 2.13. The Kier molecular flexibility index (Phi) is 12.7. The maximum atomic E-state index is 9.29. The topological polar surface area (TPSA) is 43.7 Å². The summed E-state index contributed by atoms with van der Waals surface area (Å²) < 4.78 is 0.215. The third-order valence-electron chi connectivity index (χ3n) is 1.62. The molecule has 0 saturated heterocycles. The van der Waals surface area contributed by atoms with Crippen molar-refractivity contribution >= 4 is 29.2 Å². The summed E-state index contributed by atoms with van der Waals surface area (Å²) in [5.74, 6) is 0. The number of hydrogen-bond acceptors (Lipinski definition) is 4. The van der Waals surface area contributed by atoms with Crippen LogP contribution in [0.4, 0.5) is 0 Å². The predicted molar refractivity (Wildman–Crippen MR) is 63.9 cm³/mol. The second kappa shape index (κ2) is 10.3. The average molecular weight is 271 g/mol. The molecular formula is C9H14KNO2S2.